The molecule has 5 nitrogen and oxygen atoms in total. The Hall–Kier alpha value is -1.43. The van der Waals surface area contributed by atoms with Crippen molar-refractivity contribution >= 4 is 27.8 Å². The molecule has 1 saturated heterocycles. The van der Waals surface area contributed by atoms with E-state index in [0.717, 1.165) is 12.8 Å². The maximum atomic E-state index is 12.4. The molecule has 0 bridgehead atoms. The van der Waals surface area contributed by atoms with Crippen molar-refractivity contribution in [3.05, 3.63) is 28.5 Å². The van der Waals surface area contributed by atoms with Gasteiger partial charge in [-0.3, -0.25) is 9.59 Å². The molecule has 0 aliphatic carbocycles. The van der Waals surface area contributed by atoms with E-state index in [4.69, 9.17) is 4.74 Å². The Morgan fingerprint density at radius 3 is 3.00 bits per heavy atom. The van der Waals surface area contributed by atoms with Crippen LogP contribution in [0.5, 0.6) is 0 Å². The molecule has 0 N–H and O–H groups in total. The zero-order valence-electron chi connectivity index (χ0n) is 10.6. The summed E-state index contributed by atoms with van der Waals surface area (Å²) in [5.74, 6) is -0.635. The second-order valence-corrected chi connectivity index (χ2v) is 5.30. The van der Waals surface area contributed by atoms with Crippen LogP contribution in [0.25, 0.3) is 0 Å². The predicted octanol–water partition coefficient (Wildman–Crippen LogP) is 1.87. The molecule has 0 unspecified atom stereocenters. The lowest BCUT2D eigenvalue weighted by molar-refractivity contribution is -0.146. The largest absolute Gasteiger partial charge is 0.469 e. The molecule has 0 spiro atoms. The van der Waals surface area contributed by atoms with Gasteiger partial charge in [0.1, 0.15) is 5.69 Å². The Kier molecular flexibility index (Phi) is 4.52. The highest BCUT2D eigenvalue weighted by Gasteiger charge is 2.30. The Balaban J connectivity index is 2.11. The molecule has 0 saturated carbocycles. The minimum Gasteiger partial charge on any atom is -0.469 e. The Bertz CT molecular complexity index is 493. The maximum Gasteiger partial charge on any atom is 0.310 e. The van der Waals surface area contributed by atoms with Gasteiger partial charge in [0.05, 0.1) is 13.0 Å². The van der Waals surface area contributed by atoms with E-state index < -0.39 is 0 Å². The van der Waals surface area contributed by atoms with Crippen LogP contribution in [0.15, 0.2) is 22.8 Å². The SMILES string of the molecule is COC(=O)[C@H]1CCCN(C(=O)c2ncccc2Br)C1. The monoisotopic (exact) mass is 326 g/mol. The molecule has 1 atom stereocenters. The van der Waals surface area contributed by atoms with Crippen LogP contribution in [0, 0.1) is 5.92 Å². The van der Waals surface area contributed by atoms with Crippen LogP contribution in [0.2, 0.25) is 0 Å². The van der Waals surface area contributed by atoms with Gasteiger partial charge >= 0.3 is 5.97 Å². The number of rotatable bonds is 2. The molecule has 6 heteroatoms. The molecule has 2 heterocycles. The van der Waals surface area contributed by atoms with Crippen molar-refractivity contribution in [2.24, 2.45) is 5.92 Å². The molecule has 1 aliphatic rings. The Labute approximate surface area is 120 Å². The summed E-state index contributed by atoms with van der Waals surface area (Å²) in [6.45, 7) is 1.05. The topological polar surface area (TPSA) is 59.5 Å². The van der Waals surface area contributed by atoms with Gasteiger partial charge in [0.25, 0.3) is 5.91 Å². The number of ether oxygens (including phenoxy) is 1. The van der Waals surface area contributed by atoms with E-state index in [2.05, 4.69) is 20.9 Å². The lowest BCUT2D eigenvalue weighted by Gasteiger charge is -2.31. The first-order chi connectivity index (χ1) is 9.13. The number of likely N-dealkylation sites (tertiary alicyclic amines) is 1. The van der Waals surface area contributed by atoms with E-state index >= 15 is 0 Å². The number of carbonyl (C=O) groups is 2. The van der Waals surface area contributed by atoms with Gasteiger partial charge in [-0.2, -0.15) is 0 Å². The third-order valence-electron chi connectivity index (χ3n) is 3.20. The number of esters is 1. The fraction of sp³-hybridized carbons (Fsp3) is 0.462. The van der Waals surface area contributed by atoms with Crippen molar-refractivity contribution < 1.29 is 14.3 Å². The standard InChI is InChI=1S/C13H15BrN2O3/c1-19-13(18)9-4-3-7-16(8-9)12(17)11-10(14)5-2-6-15-11/h2,5-6,9H,3-4,7-8H2,1H3/t9-/m0/s1. The number of nitrogens with zero attached hydrogens (tertiary/aromatic N) is 2. The number of aromatic nitrogens is 1. The quantitative estimate of drug-likeness (QED) is 0.778. The van der Waals surface area contributed by atoms with Crippen LogP contribution < -0.4 is 0 Å². The zero-order valence-corrected chi connectivity index (χ0v) is 12.2. The summed E-state index contributed by atoms with van der Waals surface area (Å²) in [6, 6.07) is 3.54. The van der Waals surface area contributed by atoms with Crippen molar-refractivity contribution in [2.45, 2.75) is 12.8 Å². The second kappa shape index (κ2) is 6.14. The average molecular weight is 327 g/mol. The van der Waals surface area contributed by atoms with Gasteiger partial charge in [-0.15, -0.1) is 0 Å². The molecule has 1 amide bonds. The summed E-state index contributed by atoms with van der Waals surface area (Å²) in [7, 11) is 1.37. The first kappa shape index (κ1) is 14.0. The average Bonchev–Trinajstić information content (AvgIpc) is 2.46. The van der Waals surface area contributed by atoms with Crippen LogP contribution in [0.3, 0.4) is 0 Å². The molecule has 2 rings (SSSR count). The summed E-state index contributed by atoms with van der Waals surface area (Å²) >= 11 is 3.32. The molecule has 1 aliphatic heterocycles. The second-order valence-electron chi connectivity index (χ2n) is 4.45. The summed E-state index contributed by atoms with van der Waals surface area (Å²) in [5, 5.41) is 0. The van der Waals surface area contributed by atoms with Crippen molar-refractivity contribution in [1.29, 1.82) is 0 Å². The molecule has 1 aromatic heterocycles. The molecule has 1 aromatic rings. The minimum absolute atomic E-state index is 0.152. The number of hydrogen-bond acceptors (Lipinski definition) is 4. The van der Waals surface area contributed by atoms with Crippen LogP contribution in [0.1, 0.15) is 23.3 Å². The van der Waals surface area contributed by atoms with E-state index in [0.29, 0.717) is 23.3 Å². The first-order valence-corrected chi connectivity index (χ1v) is 6.90. The lowest BCUT2D eigenvalue weighted by atomic mass is 9.98. The number of carbonyl (C=O) groups excluding carboxylic acids is 2. The first-order valence-electron chi connectivity index (χ1n) is 6.11. The third kappa shape index (κ3) is 3.12. The number of hydrogen-bond donors (Lipinski definition) is 0. The van der Waals surface area contributed by atoms with Gasteiger partial charge in [-0.25, -0.2) is 4.98 Å². The van der Waals surface area contributed by atoms with Crippen molar-refractivity contribution in [3.63, 3.8) is 0 Å². The molecule has 0 radical (unpaired) electrons. The van der Waals surface area contributed by atoms with Crippen molar-refractivity contribution in [3.8, 4) is 0 Å². The van der Waals surface area contributed by atoms with Gasteiger partial charge < -0.3 is 9.64 Å². The number of piperidine rings is 1. The number of methoxy groups -OCH3 is 1. The normalized spacial score (nSPS) is 19.1. The highest BCUT2D eigenvalue weighted by molar-refractivity contribution is 9.10. The van der Waals surface area contributed by atoms with Gasteiger partial charge in [-0.05, 0) is 40.9 Å². The highest BCUT2D eigenvalue weighted by Crippen LogP contribution is 2.21. The van der Waals surface area contributed by atoms with Gasteiger partial charge in [0.15, 0.2) is 0 Å². The van der Waals surface area contributed by atoms with Crippen LogP contribution in [0.4, 0.5) is 0 Å². The number of amides is 1. The van der Waals surface area contributed by atoms with E-state index in [1.165, 1.54) is 7.11 Å². The molecule has 102 valence electrons. The molecule has 0 aromatic carbocycles. The highest BCUT2D eigenvalue weighted by atomic mass is 79.9. The van der Waals surface area contributed by atoms with Crippen LogP contribution in [-0.4, -0.2) is 42.0 Å². The smallest absolute Gasteiger partial charge is 0.310 e. The fourth-order valence-electron chi connectivity index (χ4n) is 2.21. The van der Waals surface area contributed by atoms with Gasteiger partial charge in [0.2, 0.25) is 0 Å². The summed E-state index contributed by atoms with van der Waals surface area (Å²) < 4.78 is 5.41. The van der Waals surface area contributed by atoms with Crippen LogP contribution >= 0.6 is 15.9 Å². The Morgan fingerprint density at radius 2 is 2.32 bits per heavy atom. The van der Waals surface area contributed by atoms with Gasteiger partial charge in [0, 0.05) is 23.8 Å². The van der Waals surface area contributed by atoms with Gasteiger partial charge in [-0.1, -0.05) is 0 Å². The molecular formula is C13H15BrN2O3. The molecule has 19 heavy (non-hydrogen) atoms. The molecule has 1 fully saturated rings. The van der Waals surface area contributed by atoms with E-state index in [-0.39, 0.29) is 17.8 Å². The third-order valence-corrected chi connectivity index (χ3v) is 3.84. The van der Waals surface area contributed by atoms with Crippen molar-refractivity contribution in [2.75, 3.05) is 20.2 Å². The zero-order chi connectivity index (χ0) is 13.8. The summed E-state index contributed by atoms with van der Waals surface area (Å²) in [5.41, 5.74) is 0.382. The summed E-state index contributed by atoms with van der Waals surface area (Å²) in [6.07, 6.45) is 3.15. The van der Waals surface area contributed by atoms with E-state index in [1.807, 2.05) is 0 Å². The fourth-order valence-corrected chi connectivity index (χ4v) is 2.64. The maximum absolute atomic E-state index is 12.4. The van der Waals surface area contributed by atoms with E-state index in [1.54, 1.807) is 23.2 Å². The number of pyridine rings is 1. The van der Waals surface area contributed by atoms with Crippen LogP contribution in [-0.2, 0) is 9.53 Å². The Morgan fingerprint density at radius 1 is 1.53 bits per heavy atom. The van der Waals surface area contributed by atoms with Crippen molar-refractivity contribution in [1.82, 2.24) is 9.88 Å². The molecular weight excluding hydrogens is 312 g/mol. The predicted molar refractivity (Wildman–Crippen MR) is 72.6 cm³/mol. The lowest BCUT2D eigenvalue weighted by Crippen LogP contribution is -2.43. The number of halogens is 1. The summed E-state index contributed by atoms with van der Waals surface area (Å²) in [4.78, 5) is 29.7. The van der Waals surface area contributed by atoms with E-state index in [9.17, 15) is 9.59 Å². The minimum atomic E-state index is -0.252.